The molecule has 2 rings (SSSR count). The molecule has 4 heteroatoms. The minimum absolute atomic E-state index is 0.160. The first kappa shape index (κ1) is 15.8. The lowest BCUT2D eigenvalue weighted by molar-refractivity contribution is -0.906. The molecular weight excluding hydrogens is 266 g/mol. The molecule has 0 bridgehead atoms. The van der Waals surface area contributed by atoms with Crippen LogP contribution in [0.5, 0.6) is 11.5 Å². The normalized spacial score (nSPS) is 16.0. The Kier molecular flexibility index (Phi) is 4.88. The van der Waals surface area contributed by atoms with Crippen molar-refractivity contribution in [2.45, 2.75) is 31.7 Å². The van der Waals surface area contributed by atoms with Gasteiger partial charge in [-0.3, -0.25) is 4.79 Å². The van der Waals surface area contributed by atoms with E-state index in [0.29, 0.717) is 29.6 Å². The van der Waals surface area contributed by atoms with Gasteiger partial charge in [0.2, 0.25) is 5.78 Å². The van der Waals surface area contributed by atoms with Crippen molar-refractivity contribution in [3.63, 3.8) is 0 Å². The van der Waals surface area contributed by atoms with Crippen molar-refractivity contribution in [3.8, 4) is 11.5 Å². The highest BCUT2D eigenvalue weighted by molar-refractivity contribution is 5.97. The minimum atomic E-state index is 0.160. The topological polar surface area (TPSA) is 35.5 Å². The van der Waals surface area contributed by atoms with Gasteiger partial charge in [-0.1, -0.05) is 0 Å². The maximum Gasteiger partial charge on any atom is 0.217 e. The lowest BCUT2D eigenvalue weighted by Crippen LogP contribution is -2.50. The third-order valence-corrected chi connectivity index (χ3v) is 4.57. The van der Waals surface area contributed by atoms with Crippen LogP contribution in [0, 0.1) is 0 Å². The molecule has 1 saturated carbocycles. The summed E-state index contributed by atoms with van der Waals surface area (Å²) in [5.74, 6) is 1.42. The average molecular weight is 292 g/mol. The van der Waals surface area contributed by atoms with Gasteiger partial charge in [-0.2, -0.15) is 0 Å². The van der Waals surface area contributed by atoms with Gasteiger partial charge in [0.05, 0.1) is 34.4 Å². The summed E-state index contributed by atoms with van der Waals surface area (Å²) in [5, 5.41) is 0. The summed E-state index contributed by atoms with van der Waals surface area (Å²) in [6.45, 7) is 0.528. The summed E-state index contributed by atoms with van der Waals surface area (Å²) in [4.78, 5) is 12.6. The fourth-order valence-corrected chi connectivity index (χ4v) is 3.20. The van der Waals surface area contributed by atoms with Crippen molar-refractivity contribution >= 4 is 5.78 Å². The first-order chi connectivity index (χ1) is 9.97. The summed E-state index contributed by atoms with van der Waals surface area (Å²) in [6, 6.07) is 5.99. The molecule has 1 aromatic rings. The first-order valence-corrected chi connectivity index (χ1v) is 7.56. The lowest BCUT2D eigenvalue weighted by atomic mass is 10.1. The highest BCUT2D eigenvalue weighted by atomic mass is 16.5. The molecule has 0 aromatic heterocycles. The molecule has 0 spiro atoms. The number of likely N-dealkylation sites (N-methyl/N-ethyl adjacent to an activating group) is 1. The van der Waals surface area contributed by atoms with Crippen molar-refractivity contribution < 1.29 is 18.8 Å². The summed E-state index contributed by atoms with van der Waals surface area (Å²) < 4.78 is 11.3. The summed E-state index contributed by atoms with van der Waals surface area (Å²) in [7, 11) is 7.51. The number of hydrogen-bond acceptors (Lipinski definition) is 3. The predicted octanol–water partition coefficient (Wildman–Crippen LogP) is 2.91. The Labute approximate surface area is 127 Å². The average Bonchev–Trinajstić information content (AvgIpc) is 3.01. The molecule has 116 valence electrons. The van der Waals surface area contributed by atoms with Crippen molar-refractivity contribution in [3.05, 3.63) is 23.8 Å². The molecule has 0 amide bonds. The molecule has 1 aliphatic carbocycles. The van der Waals surface area contributed by atoms with E-state index in [1.54, 1.807) is 26.4 Å². The quantitative estimate of drug-likeness (QED) is 0.597. The highest BCUT2D eigenvalue weighted by Crippen LogP contribution is 2.29. The van der Waals surface area contributed by atoms with Crippen LogP contribution in [0.3, 0.4) is 0 Å². The smallest absolute Gasteiger partial charge is 0.217 e. The molecule has 1 aromatic carbocycles. The number of ether oxygens (including phenoxy) is 2. The standard InChI is InChI=1S/C17H26NO3/c1-18(2,14-7-5-6-8-14)12-15(19)13-9-10-16(20-3)17(11-13)21-4/h9-11,14H,5-8,12H2,1-4H3/q+1. The number of benzene rings is 1. The van der Waals surface area contributed by atoms with Crippen LogP contribution in [0.2, 0.25) is 0 Å². The van der Waals surface area contributed by atoms with Crippen molar-refractivity contribution in [1.29, 1.82) is 0 Å². The number of quaternary nitrogens is 1. The van der Waals surface area contributed by atoms with Crippen LogP contribution in [0.15, 0.2) is 18.2 Å². The minimum Gasteiger partial charge on any atom is -0.493 e. The molecule has 1 aliphatic rings. The van der Waals surface area contributed by atoms with E-state index in [1.165, 1.54) is 25.7 Å². The van der Waals surface area contributed by atoms with Crippen LogP contribution in [0.4, 0.5) is 0 Å². The zero-order valence-electron chi connectivity index (χ0n) is 13.5. The van der Waals surface area contributed by atoms with Crippen LogP contribution < -0.4 is 9.47 Å². The first-order valence-electron chi connectivity index (χ1n) is 7.56. The lowest BCUT2D eigenvalue weighted by Gasteiger charge is -2.35. The van der Waals surface area contributed by atoms with E-state index < -0.39 is 0 Å². The fraction of sp³-hybridized carbons (Fsp3) is 0.588. The van der Waals surface area contributed by atoms with Gasteiger partial charge >= 0.3 is 0 Å². The molecule has 0 radical (unpaired) electrons. The molecule has 1 fully saturated rings. The van der Waals surface area contributed by atoms with E-state index in [9.17, 15) is 4.79 Å². The Morgan fingerprint density at radius 3 is 2.33 bits per heavy atom. The SMILES string of the molecule is COc1ccc(C(=O)C[N+](C)(C)C2CCCC2)cc1OC. The van der Waals surface area contributed by atoms with Crippen molar-refractivity contribution in [2.24, 2.45) is 0 Å². The fourth-order valence-electron chi connectivity index (χ4n) is 3.20. The Morgan fingerprint density at radius 2 is 1.76 bits per heavy atom. The summed E-state index contributed by atoms with van der Waals surface area (Å²) >= 11 is 0. The molecule has 4 nitrogen and oxygen atoms in total. The van der Waals surface area contributed by atoms with E-state index >= 15 is 0 Å². The maximum atomic E-state index is 12.6. The molecule has 0 atom stereocenters. The molecule has 0 heterocycles. The highest BCUT2D eigenvalue weighted by Gasteiger charge is 2.33. The summed E-state index contributed by atoms with van der Waals surface area (Å²) in [6.07, 6.45) is 5.03. The van der Waals surface area contributed by atoms with E-state index in [0.717, 1.165) is 4.48 Å². The summed E-state index contributed by atoms with van der Waals surface area (Å²) in [5.41, 5.74) is 0.692. The number of nitrogens with zero attached hydrogens (tertiary/aromatic N) is 1. The molecule has 0 saturated heterocycles. The van der Waals surface area contributed by atoms with Crippen LogP contribution >= 0.6 is 0 Å². The van der Waals surface area contributed by atoms with E-state index in [1.807, 2.05) is 6.07 Å². The van der Waals surface area contributed by atoms with Gasteiger partial charge in [-0.05, 0) is 43.9 Å². The van der Waals surface area contributed by atoms with Gasteiger partial charge in [0.1, 0.15) is 6.54 Å². The Hall–Kier alpha value is -1.55. The van der Waals surface area contributed by atoms with Gasteiger partial charge < -0.3 is 14.0 Å². The second-order valence-electron chi connectivity index (χ2n) is 6.37. The molecule has 0 aliphatic heterocycles. The van der Waals surface area contributed by atoms with Crippen LogP contribution in [-0.2, 0) is 0 Å². The molecular formula is C17H26NO3+. The largest absolute Gasteiger partial charge is 0.493 e. The second-order valence-corrected chi connectivity index (χ2v) is 6.37. The number of rotatable bonds is 6. The van der Waals surface area contributed by atoms with E-state index in [4.69, 9.17) is 9.47 Å². The van der Waals surface area contributed by atoms with Crippen LogP contribution in [0.25, 0.3) is 0 Å². The third kappa shape index (κ3) is 3.56. The number of carbonyl (C=O) groups is 1. The Morgan fingerprint density at radius 1 is 1.14 bits per heavy atom. The zero-order chi connectivity index (χ0) is 15.5. The number of Topliss-reactive ketones (excluding diaryl/α,β-unsaturated/α-hetero) is 1. The van der Waals surface area contributed by atoms with Gasteiger partial charge in [-0.15, -0.1) is 0 Å². The zero-order valence-corrected chi connectivity index (χ0v) is 13.5. The predicted molar refractivity (Wildman–Crippen MR) is 83.1 cm³/mol. The van der Waals surface area contributed by atoms with Gasteiger partial charge in [0.25, 0.3) is 0 Å². The van der Waals surface area contributed by atoms with Crippen molar-refractivity contribution in [1.82, 2.24) is 0 Å². The molecule has 21 heavy (non-hydrogen) atoms. The van der Waals surface area contributed by atoms with Gasteiger partial charge in [0.15, 0.2) is 11.5 Å². The third-order valence-electron chi connectivity index (χ3n) is 4.57. The molecule has 0 unspecified atom stereocenters. The maximum absolute atomic E-state index is 12.6. The number of carbonyl (C=O) groups excluding carboxylic acids is 1. The Balaban J connectivity index is 2.12. The van der Waals surface area contributed by atoms with Gasteiger partial charge in [-0.25, -0.2) is 0 Å². The number of methoxy groups -OCH3 is 2. The van der Waals surface area contributed by atoms with E-state index in [2.05, 4.69) is 14.1 Å². The van der Waals surface area contributed by atoms with E-state index in [-0.39, 0.29) is 5.78 Å². The monoisotopic (exact) mass is 292 g/mol. The van der Waals surface area contributed by atoms with Crippen LogP contribution in [0.1, 0.15) is 36.0 Å². The van der Waals surface area contributed by atoms with Gasteiger partial charge in [0, 0.05) is 5.56 Å². The molecule has 0 N–H and O–H groups in total. The Bertz CT molecular complexity index is 505. The van der Waals surface area contributed by atoms with Crippen molar-refractivity contribution in [2.75, 3.05) is 34.9 Å². The number of hydrogen-bond donors (Lipinski definition) is 0. The second kappa shape index (κ2) is 6.48. The number of ketones is 1. The van der Waals surface area contributed by atoms with Crippen LogP contribution in [-0.4, -0.2) is 51.2 Å².